The minimum atomic E-state index is -2.89. The lowest BCUT2D eigenvalue weighted by Crippen LogP contribution is -2.28. The largest absolute Gasteiger partial charge is 0.434 e. The summed E-state index contributed by atoms with van der Waals surface area (Å²) in [4.78, 5) is 11.4. The van der Waals surface area contributed by atoms with Crippen LogP contribution in [0.1, 0.15) is 19.4 Å². The Hall–Kier alpha value is -1.69. The molecule has 0 unspecified atom stereocenters. The Kier molecular flexibility index (Phi) is 6.21. The highest BCUT2D eigenvalue weighted by molar-refractivity contribution is 5.77. The summed E-state index contributed by atoms with van der Waals surface area (Å²) < 4.78 is 33.8. The molecular formula is C13H17F2NO3. The zero-order valence-corrected chi connectivity index (χ0v) is 10.9. The van der Waals surface area contributed by atoms with Crippen molar-refractivity contribution in [2.24, 2.45) is 0 Å². The van der Waals surface area contributed by atoms with Crippen LogP contribution in [0.15, 0.2) is 24.3 Å². The maximum Gasteiger partial charge on any atom is 0.387 e. The van der Waals surface area contributed by atoms with E-state index in [2.05, 4.69) is 10.1 Å². The fourth-order valence-electron chi connectivity index (χ4n) is 1.35. The van der Waals surface area contributed by atoms with Crippen molar-refractivity contribution >= 4 is 5.91 Å². The maximum atomic E-state index is 12.2. The molecule has 0 saturated carbocycles. The molecule has 1 N–H and O–H groups in total. The van der Waals surface area contributed by atoms with Gasteiger partial charge in [0.25, 0.3) is 0 Å². The normalized spacial score (nSPS) is 10.8. The quantitative estimate of drug-likeness (QED) is 0.829. The van der Waals surface area contributed by atoms with E-state index < -0.39 is 6.61 Å². The molecule has 0 saturated heterocycles. The lowest BCUT2D eigenvalue weighted by molar-refractivity contribution is -0.127. The van der Waals surface area contributed by atoms with Crippen LogP contribution in [0, 0.1) is 0 Å². The van der Waals surface area contributed by atoms with Crippen molar-refractivity contribution in [2.45, 2.75) is 33.1 Å². The molecule has 0 fully saturated rings. The Morgan fingerprint density at radius 1 is 1.32 bits per heavy atom. The molecule has 1 amide bonds. The first-order chi connectivity index (χ1) is 8.99. The highest BCUT2D eigenvalue weighted by Gasteiger charge is 2.10. The third kappa shape index (κ3) is 6.15. The molecule has 4 nitrogen and oxygen atoms in total. The van der Waals surface area contributed by atoms with E-state index in [1.165, 1.54) is 6.07 Å². The molecule has 1 aromatic carbocycles. The topological polar surface area (TPSA) is 47.6 Å². The van der Waals surface area contributed by atoms with Crippen molar-refractivity contribution in [1.82, 2.24) is 5.32 Å². The summed E-state index contributed by atoms with van der Waals surface area (Å²) >= 11 is 0. The van der Waals surface area contributed by atoms with Crippen LogP contribution in [0.4, 0.5) is 8.78 Å². The number of ether oxygens (including phenoxy) is 2. The fraction of sp³-hybridized carbons (Fsp3) is 0.462. The van der Waals surface area contributed by atoms with Gasteiger partial charge in [0.1, 0.15) is 12.4 Å². The van der Waals surface area contributed by atoms with Crippen LogP contribution in [0.25, 0.3) is 0 Å². The summed E-state index contributed by atoms with van der Waals surface area (Å²) in [5, 5.41) is 2.58. The number of hydrogen-bond donors (Lipinski definition) is 1. The van der Waals surface area contributed by atoms with Crippen LogP contribution in [0.3, 0.4) is 0 Å². The molecular weight excluding hydrogens is 256 g/mol. The average Bonchev–Trinajstić information content (AvgIpc) is 2.34. The Labute approximate surface area is 110 Å². The summed E-state index contributed by atoms with van der Waals surface area (Å²) in [6.45, 7) is 0.803. The molecule has 0 spiro atoms. The molecule has 0 aliphatic rings. The van der Waals surface area contributed by atoms with E-state index in [1.807, 2.05) is 13.8 Å². The van der Waals surface area contributed by atoms with Gasteiger partial charge >= 0.3 is 6.61 Å². The van der Waals surface area contributed by atoms with Crippen LogP contribution in [0.2, 0.25) is 0 Å². The highest BCUT2D eigenvalue weighted by atomic mass is 19.3. The number of rotatable bonds is 7. The first-order valence-electron chi connectivity index (χ1n) is 5.90. The number of hydrogen-bond acceptors (Lipinski definition) is 3. The lowest BCUT2D eigenvalue weighted by Gasteiger charge is -2.12. The van der Waals surface area contributed by atoms with Gasteiger partial charge in [0, 0.05) is 12.1 Å². The predicted molar refractivity (Wildman–Crippen MR) is 66.0 cm³/mol. The SMILES string of the molecule is CC(C)OCC(=O)NCc1ccccc1OC(F)F. The van der Waals surface area contributed by atoms with Gasteiger partial charge in [-0.15, -0.1) is 0 Å². The van der Waals surface area contributed by atoms with Crippen molar-refractivity contribution < 1.29 is 23.0 Å². The first-order valence-corrected chi connectivity index (χ1v) is 5.90. The third-order valence-corrected chi connectivity index (χ3v) is 2.21. The molecule has 0 aliphatic carbocycles. The number of nitrogens with one attached hydrogen (secondary N) is 1. The number of benzene rings is 1. The Morgan fingerprint density at radius 3 is 2.63 bits per heavy atom. The van der Waals surface area contributed by atoms with E-state index >= 15 is 0 Å². The van der Waals surface area contributed by atoms with Crippen molar-refractivity contribution in [3.63, 3.8) is 0 Å². The summed E-state index contributed by atoms with van der Waals surface area (Å²) in [5.41, 5.74) is 0.487. The Bertz CT molecular complexity index is 411. The second kappa shape index (κ2) is 7.68. The second-order valence-electron chi connectivity index (χ2n) is 4.12. The van der Waals surface area contributed by atoms with Gasteiger partial charge in [0.2, 0.25) is 5.91 Å². The summed E-state index contributed by atoms with van der Waals surface area (Å²) in [5.74, 6) is -0.247. The number of amides is 1. The molecule has 1 rings (SSSR count). The van der Waals surface area contributed by atoms with Crippen LogP contribution in [-0.4, -0.2) is 25.2 Å². The fourth-order valence-corrected chi connectivity index (χ4v) is 1.35. The van der Waals surface area contributed by atoms with E-state index in [0.29, 0.717) is 5.56 Å². The van der Waals surface area contributed by atoms with Crippen molar-refractivity contribution in [2.75, 3.05) is 6.61 Å². The zero-order valence-electron chi connectivity index (χ0n) is 10.9. The maximum absolute atomic E-state index is 12.2. The molecule has 1 aromatic rings. The van der Waals surface area contributed by atoms with Gasteiger partial charge in [-0.2, -0.15) is 8.78 Å². The minimum Gasteiger partial charge on any atom is -0.434 e. The van der Waals surface area contributed by atoms with Gasteiger partial charge in [-0.3, -0.25) is 4.79 Å². The van der Waals surface area contributed by atoms with Crippen LogP contribution < -0.4 is 10.1 Å². The van der Waals surface area contributed by atoms with Crippen molar-refractivity contribution in [3.05, 3.63) is 29.8 Å². The first kappa shape index (κ1) is 15.4. The number of halogens is 2. The molecule has 0 aliphatic heterocycles. The minimum absolute atomic E-state index is 0.0415. The molecule has 0 heterocycles. The van der Waals surface area contributed by atoms with Gasteiger partial charge in [-0.25, -0.2) is 0 Å². The van der Waals surface area contributed by atoms with Crippen LogP contribution in [0.5, 0.6) is 5.75 Å². The van der Waals surface area contributed by atoms with Gasteiger partial charge in [-0.05, 0) is 19.9 Å². The average molecular weight is 273 g/mol. The molecule has 0 atom stereocenters. The third-order valence-electron chi connectivity index (χ3n) is 2.21. The molecule has 0 radical (unpaired) electrons. The van der Waals surface area contributed by atoms with E-state index in [9.17, 15) is 13.6 Å². The summed E-state index contributed by atoms with van der Waals surface area (Å²) in [6.07, 6.45) is -0.0415. The smallest absolute Gasteiger partial charge is 0.387 e. The number of carbonyl (C=O) groups excluding carboxylic acids is 1. The van der Waals surface area contributed by atoms with Crippen molar-refractivity contribution in [1.29, 1.82) is 0 Å². The molecule has 19 heavy (non-hydrogen) atoms. The summed E-state index contributed by atoms with van der Waals surface area (Å²) in [7, 11) is 0. The van der Waals surface area contributed by atoms with Crippen molar-refractivity contribution in [3.8, 4) is 5.75 Å². The van der Waals surface area contributed by atoms with E-state index in [0.717, 1.165) is 0 Å². The number of carbonyl (C=O) groups is 1. The van der Waals surface area contributed by atoms with E-state index in [1.54, 1.807) is 18.2 Å². The number of alkyl halides is 2. The summed E-state index contributed by atoms with van der Waals surface area (Å²) in [6, 6.07) is 6.31. The molecule has 106 valence electrons. The molecule has 0 aromatic heterocycles. The monoisotopic (exact) mass is 273 g/mol. The molecule has 6 heteroatoms. The van der Waals surface area contributed by atoms with Gasteiger partial charge < -0.3 is 14.8 Å². The highest BCUT2D eigenvalue weighted by Crippen LogP contribution is 2.19. The van der Waals surface area contributed by atoms with Gasteiger partial charge in [0.05, 0.1) is 6.10 Å². The Morgan fingerprint density at radius 2 is 2.00 bits per heavy atom. The lowest BCUT2D eigenvalue weighted by atomic mass is 10.2. The molecule has 0 bridgehead atoms. The van der Waals surface area contributed by atoms with Gasteiger partial charge in [-0.1, -0.05) is 18.2 Å². The van der Waals surface area contributed by atoms with E-state index in [4.69, 9.17) is 4.74 Å². The van der Waals surface area contributed by atoms with Gasteiger partial charge in [0.15, 0.2) is 0 Å². The van der Waals surface area contributed by atoms with E-state index in [-0.39, 0.29) is 30.9 Å². The standard InChI is InChI=1S/C13H17F2NO3/c1-9(2)18-8-12(17)16-7-10-5-3-4-6-11(10)19-13(14)15/h3-6,9,13H,7-8H2,1-2H3,(H,16,17). The van der Waals surface area contributed by atoms with Crippen LogP contribution >= 0.6 is 0 Å². The zero-order chi connectivity index (χ0) is 14.3. The number of para-hydroxylation sites is 1. The second-order valence-corrected chi connectivity index (χ2v) is 4.12. The Balaban J connectivity index is 2.50. The van der Waals surface area contributed by atoms with Crippen LogP contribution in [-0.2, 0) is 16.1 Å². The predicted octanol–water partition coefficient (Wildman–Crippen LogP) is 2.33.